The van der Waals surface area contributed by atoms with E-state index in [1.807, 2.05) is 18.2 Å². The Morgan fingerprint density at radius 2 is 1.81 bits per heavy atom. The van der Waals surface area contributed by atoms with E-state index in [2.05, 4.69) is 42.3 Å². The number of nitrogens with zero attached hydrogens (tertiary/aromatic N) is 2. The number of para-hydroxylation sites is 1. The summed E-state index contributed by atoms with van der Waals surface area (Å²) in [7, 11) is 5.66. The lowest BCUT2D eigenvalue weighted by Crippen LogP contribution is -2.29. The summed E-state index contributed by atoms with van der Waals surface area (Å²) in [5.41, 5.74) is 4.03. The van der Waals surface area contributed by atoms with Crippen LogP contribution in [0.2, 0.25) is 0 Å². The average molecular weight is 352 g/mol. The van der Waals surface area contributed by atoms with E-state index in [1.165, 1.54) is 30.4 Å². The van der Waals surface area contributed by atoms with E-state index in [4.69, 9.17) is 4.74 Å². The Labute approximate surface area is 156 Å². The molecule has 2 aromatic carbocycles. The first-order chi connectivity index (χ1) is 12.6. The summed E-state index contributed by atoms with van der Waals surface area (Å²) in [5, 5.41) is 0. The molecule has 0 fully saturated rings. The molecule has 0 heterocycles. The van der Waals surface area contributed by atoms with E-state index >= 15 is 0 Å². The number of benzene rings is 2. The van der Waals surface area contributed by atoms with Crippen molar-refractivity contribution in [2.45, 2.75) is 31.8 Å². The van der Waals surface area contributed by atoms with Gasteiger partial charge in [0.15, 0.2) is 6.61 Å². The minimum atomic E-state index is -0.0330. The third kappa shape index (κ3) is 4.25. The topological polar surface area (TPSA) is 32.8 Å². The summed E-state index contributed by atoms with van der Waals surface area (Å²) in [6, 6.07) is 17.2. The smallest absolute Gasteiger partial charge is 0.259 e. The second-order valence-electron chi connectivity index (χ2n) is 7.21. The minimum absolute atomic E-state index is 0.0330. The van der Waals surface area contributed by atoms with Gasteiger partial charge in [0, 0.05) is 32.2 Å². The van der Waals surface area contributed by atoms with E-state index in [-0.39, 0.29) is 12.5 Å². The van der Waals surface area contributed by atoms with Gasteiger partial charge in [0.1, 0.15) is 5.75 Å². The van der Waals surface area contributed by atoms with Crippen LogP contribution in [-0.2, 0) is 17.8 Å². The third-order valence-corrected chi connectivity index (χ3v) is 5.11. The number of aryl methyl sites for hydroxylation is 1. The van der Waals surface area contributed by atoms with Crippen molar-refractivity contribution >= 4 is 5.91 Å². The molecule has 3 rings (SSSR count). The van der Waals surface area contributed by atoms with Gasteiger partial charge in [-0.15, -0.1) is 0 Å². The molecule has 0 bridgehead atoms. The lowest BCUT2D eigenvalue weighted by Gasteiger charge is -2.33. The summed E-state index contributed by atoms with van der Waals surface area (Å²) in [4.78, 5) is 15.8. The van der Waals surface area contributed by atoms with Crippen molar-refractivity contribution in [2.75, 3.05) is 27.7 Å². The Morgan fingerprint density at radius 1 is 1.08 bits per heavy atom. The zero-order valence-corrected chi connectivity index (χ0v) is 15.9. The van der Waals surface area contributed by atoms with Gasteiger partial charge < -0.3 is 9.64 Å². The third-order valence-electron chi connectivity index (χ3n) is 5.11. The number of amides is 1. The maximum Gasteiger partial charge on any atom is 0.259 e. The Balaban J connectivity index is 1.72. The second-order valence-corrected chi connectivity index (χ2v) is 7.21. The van der Waals surface area contributed by atoms with Crippen LogP contribution < -0.4 is 4.74 Å². The molecule has 0 aromatic heterocycles. The van der Waals surface area contributed by atoms with E-state index < -0.39 is 0 Å². The molecule has 4 heteroatoms. The van der Waals surface area contributed by atoms with E-state index in [0.717, 1.165) is 17.9 Å². The summed E-state index contributed by atoms with van der Waals surface area (Å²) >= 11 is 0. The molecule has 0 saturated heterocycles. The predicted molar refractivity (Wildman–Crippen MR) is 104 cm³/mol. The maximum atomic E-state index is 11.8. The van der Waals surface area contributed by atoms with Gasteiger partial charge in [-0.3, -0.25) is 9.69 Å². The van der Waals surface area contributed by atoms with Gasteiger partial charge in [0.25, 0.3) is 5.91 Å². The molecular formula is C22H28N2O2. The quantitative estimate of drug-likeness (QED) is 0.795. The van der Waals surface area contributed by atoms with Crippen molar-refractivity contribution in [1.29, 1.82) is 0 Å². The fourth-order valence-electron chi connectivity index (χ4n) is 3.61. The molecule has 4 nitrogen and oxygen atoms in total. The Kier molecular flexibility index (Phi) is 5.94. The van der Waals surface area contributed by atoms with Crippen molar-refractivity contribution in [2.24, 2.45) is 0 Å². The van der Waals surface area contributed by atoms with Gasteiger partial charge in [0.2, 0.25) is 0 Å². The molecule has 0 N–H and O–H groups in total. The lowest BCUT2D eigenvalue weighted by molar-refractivity contribution is -0.130. The average Bonchev–Trinajstić information content (AvgIpc) is 2.66. The molecule has 138 valence electrons. The summed E-state index contributed by atoms with van der Waals surface area (Å²) in [6.45, 7) is 0.866. The molecule has 1 aliphatic rings. The standard InChI is InChI=1S/C22H28N2O2/c1-23(2)22(25)16-26-21-14-7-5-10-18(21)15-24(3)20-13-8-11-17-9-4-6-12-19(17)20/h4-7,9-10,12,14,20H,8,11,13,15-16H2,1-3H3. The largest absolute Gasteiger partial charge is 0.483 e. The highest BCUT2D eigenvalue weighted by Crippen LogP contribution is 2.34. The first-order valence-corrected chi connectivity index (χ1v) is 9.25. The number of ether oxygens (including phenoxy) is 1. The Bertz CT molecular complexity index is 757. The highest BCUT2D eigenvalue weighted by molar-refractivity contribution is 5.77. The fourth-order valence-corrected chi connectivity index (χ4v) is 3.61. The minimum Gasteiger partial charge on any atom is -0.483 e. The van der Waals surface area contributed by atoms with Crippen molar-refractivity contribution in [1.82, 2.24) is 9.80 Å². The van der Waals surface area contributed by atoms with E-state index in [1.54, 1.807) is 19.0 Å². The lowest BCUT2D eigenvalue weighted by atomic mass is 9.87. The molecule has 0 radical (unpaired) electrons. The maximum absolute atomic E-state index is 11.8. The van der Waals surface area contributed by atoms with Crippen LogP contribution in [0.15, 0.2) is 48.5 Å². The summed E-state index contributed by atoms with van der Waals surface area (Å²) in [5.74, 6) is 0.757. The zero-order chi connectivity index (χ0) is 18.5. The zero-order valence-electron chi connectivity index (χ0n) is 15.9. The SMILES string of the molecule is CN(C)C(=O)COc1ccccc1CN(C)C1CCCc2ccccc21. The Morgan fingerprint density at radius 3 is 2.62 bits per heavy atom. The van der Waals surface area contributed by atoms with Gasteiger partial charge >= 0.3 is 0 Å². The number of carbonyl (C=O) groups is 1. The highest BCUT2D eigenvalue weighted by Gasteiger charge is 2.24. The van der Waals surface area contributed by atoms with Gasteiger partial charge in [-0.1, -0.05) is 42.5 Å². The number of rotatable bonds is 6. The van der Waals surface area contributed by atoms with Crippen LogP contribution in [0.1, 0.15) is 35.6 Å². The number of hydrogen-bond donors (Lipinski definition) is 0. The van der Waals surface area contributed by atoms with Crippen LogP contribution in [0.3, 0.4) is 0 Å². The fraction of sp³-hybridized carbons (Fsp3) is 0.409. The van der Waals surface area contributed by atoms with Crippen LogP contribution in [0, 0.1) is 0 Å². The van der Waals surface area contributed by atoms with Crippen LogP contribution in [-0.4, -0.2) is 43.5 Å². The van der Waals surface area contributed by atoms with Gasteiger partial charge in [-0.05, 0) is 43.5 Å². The number of hydrogen-bond acceptors (Lipinski definition) is 3. The van der Waals surface area contributed by atoms with Crippen LogP contribution >= 0.6 is 0 Å². The Hall–Kier alpha value is -2.33. The molecule has 1 amide bonds. The molecular weight excluding hydrogens is 324 g/mol. The van der Waals surface area contributed by atoms with Crippen LogP contribution in [0.4, 0.5) is 0 Å². The molecule has 1 unspecified atom stereocenters. The summed E-state index contributed by atoms with van der Waals surface area (Å²) in [6.07, 6.45) is 3.57. The predicted octanol–water partition coefficient (Wildman–Crippen LogP) is 3.66. The van der Waals surface area contributed by atoms with Gasteiger partial charge in [0.05, 0.1) is 0 Å². The molecule has 1 aliphatic carbocycles. The van der Waals surface area contributed by atoms with Crippen molar-refractivity contribution in [3.63, 3.8) is 0 Å². The summed E-state index contributed by atoms with van der Waals surface area (Å²) < 4.78 is 5.80. The highest BCUT2D eigenvalue weighted by atomic mass is 16.5. The first kappa shape index (κ1) is 18.5. The molecule has 2 aromatic rings. The van der Waals surface area contributed by atoms with E-state index in [9.17, 15) is 4.79 Å². The van der Waals surface area contributed by atoms with Gasteiger partial charge in [-0.2, -0.15) is 0 Å². The van der Waals surface area contributed by atoms with Crippen molar-refractivity contribution in [3.05, 3.63) is 65.2 Å². The van der Waals surface area contributed by atoms with E-state index in [0.29, 0.717) is 6.04 Å². The number of fused-ring (bicyclic) bond motifs is 1. The first-order valence-electron chi connectivity index (χ1n) is 9.25. The second kappa shape index (κ2) is 8.37. The number of carbonyl (C=O) groups excluding carboxylic acids is 1. The van der Waals surface area contributed by atoms with Gasteiger partial charge in [-0.25, -0.2) is 0 Å². The molecule has 26 heavy (non-hydrogen) atoms. The number of likely N-dealkylation sites (N-methyl/N-ethyl adjacent to an activating group) is 1. The molecule has 0 spiro atoms. The van der Waals surface area contributed by atoms with Crippen LogP contribution in [0.5, 0.6) is 5.75 Å². The molecule has 1 atom stereocenters. The monoisotopic (exact) mass is 352 g/mol. The van der Waals surface area contributed by atoms with Crippen LogP contribution in [0.25, 0.3) is 0 Å². The van der Waals surface area contributed by atoms with Crippen molar-refractivity contribution in [3.8, 4) is 5.75 Å². The molecule has 0 aliphatic heterocycles. The molecule has 0 saturated carbocycles. The normalized spacial score (nSPS) is 16.2. The van der Waals surface area contributed by atoms with Crippen molar-refractivity contribution < 1.29 is 9.53 Å².